The van der Waals surface area contributed by atoms with Gasteiger partial charge >= 0.3 is 6.09 Å². The van der Waals surface area contributed by atoms with Gasteiger partial charge in [0.2, 0.25) is 0 Å². The number of aromatic nitrogens is 1. The summed E-state index contributed by atoms with van der Waals surface area (Å²) in [5.41, 5.74) is 2.15. The fraction of sp³-hybridized carbons (Fsp3) is 0.278. The molecule has 0 aliphatic heterocycles. The number of pyridine rings is 1. The van der Waals surface area contributed by atoms with Crippen molar-refractivity contribution in [2.45, 2.75) is 31.7 Å². The fourth-order valence-electron chi connectivity index (χ4n) is 2.79. The van der Waals surface area contributed by atoms with Crippen LogP contribution in [0.3, 0.4) is 0 Å². The molecule has 0 radical (unpaired) electrons. The van der Waals surface area contributed by atoms with Crippen LogP contribution in [0.5, 0.6) is 5.75 Å². The van der Waals surface area contributed by atoms with E-state index >= 15 is 0 Å². The topological polar surface area (TPSA) is 68.3 Å². The van der Waals surface area contributed by atoms with E-state index < -0.39 is 6.09 Å². The van der Waals surface area contributed by atoms with Gasteiger partial charge in [-0.1, -0.05) is 25.0 Å². The molecule has 23 heavy (non-hydrogen) atoms. The van der Waals surface area contributed by atoms with Crippen molar-refractivity contribution >= 4 is 12.4 Å². The average Bonchev–Trinajstić information content (AvgIpc) is 3.08. The van der Waals surface area contributed by atoms with Crippen LogP contribution in [0.2, 0.25) is 0 Å². The molecule has 1 fully saturated rings. The Bertz CT molecular complexity index is 709. The van der Waals surface area contributed by atoms with Crippen LogP contribution in [-0.2, 0) is 0 Å². The predicted octanol–water partition coefficient (Wildman–Crippen LogP) is 3.59. The van der Waals surface area contributed by atoms with Crippen LogP contribution in [-0.4, -0.2) is 23.4 Å². The lowest BCUT2D eigenvalue weighted by atomic mass is 10.1. The number of carbonyl (C=O) groups is 2. The van der Waals surface area contributed by atoms with Crippen molar-refractivity contribution in [3.05, 3.63) is 48.3 Å². The van der Waals surface area contributed by atoms with E-state index in [0.717, 1.165) is 43.1 Å². The van der Waals surface area contributed by atoms with Crippen molar-refractivity contribution in [1.29, 1.82) is 0 Å². The molecule has 3 rings (SSSR count). The highest BCUT2D eigenvalue weighted by atomic mass is 16.6. The van der Waals surface area contributed by atoms with Crippen molar-refractivity contribution in [3.8, 4) is 16.9 Å². The van der Waals surface area contributed by atoms with E-state index in [0.29, 0.717) is 11.3 Å². The summed E-state index contributed by atoms with van der Waals surface area (Å²) in [6.45, 7) is 0. The van der Waals surface area contributed by atoms with Gasteiger partial charge in [0.25, 0.3) is 0 Å². The molecule has 5 nitrogen and oxygen atoms in total. The Kier molecular flexibility index (Phi) is 4.66. The largest absolute Gasteiger partial charge is 0.412 e. The molecule has 2 aromatic rings. The summed E-state index contributed by atoms with van der Waals surface area (Å²) in [5.74, 6) is 0.467. The first-order valence-corrected chi connectivity index (χ1v) is 7.73. The summed E-state index contributed by atoms with van der Waals surface area (Å²) in [4.78, 5) is 26.8. The number of carbonyl (C=O) groups excluding carboxylic acids is 2. The van der Waals surface area contributed by atoms with Gasteiger partial charge in [0.05, 0.1) is 0 Å². The van der Waals surface area contributed by atoms with Crippen molar-refractivity contribution in [1.82, 2.24) is 10.3 Å². The highest BCUT2D eigenvalue weighted by molar-refractivity contribution is 5.78. The van der Waals surface area contributed by atoms with Gasteiger partial charge in [0.15, 0.2) is 6.29 Å². The molecule has 1 heterocycles. The molecular weight excluding hydrogens is 292 g/mol. The molecule has 118 valence electrons. The molecule has 1 amide bonds. The van der Waals surface area contributed by atoms with Gasteiger partial charge in [0.1, 0.15) is 5.75 Å². The van der Waals surface area contributed by atoms with Crippen LogP contribution in [0.4, 0.5) is 4.79 Å². The fourth-order valence-corrected chi connectivity index (χ4v) is 2.79. The highest BCUT2D eigenvalue weighted by Gasteiger charge is 2.18. The molecule has 0 spiro atoms. The highest BCUT2D eigenvalue weighted by Crippen LogP contribution is 2.24. The van der Waals surface area contributed by atoms with Gasteiger partial charge in [-0.15, -0.1) is 0 Å². The molecule has 1 aliphatic carbocycles. The maximum Gasteiger partial charge on any atom is 0.412 e. The predicted molar refractivity (Wildman–Crippen MR) is 86.5 cm³/mol. The first-order valence-electron chi connectivity index (χ1n) is 7.73. The third kappa shape index (κ3) is 3.94. The number of rotatable bonds is 4. The minimum Gasteiger partial charge on any atom is -0.410 e. The SMILES string of the molecule is O=Cc1cncc(-c2cccc(OC(=O)NC3CCCC3)c2)c1. The van der Waals surface area contributed by atoms with E-state index in [2.05, 4.69) is 10.3 Å². The van der Waals surface area contributed by atoms with Gasteiger partial charge < -0.3 is 10.1 Å². The van der Waals surface area contributed by atoms with Crippen LogP contribution < -0.4 is 10.1 Å². The monoisotopic (exact) mass is 310 g/mol. The molecule has 1 aromatic heterocycles. The minimum absolute atomic E-state index is 0.221. The van der Waals surface area contributed by atoms with E-state index in [9.17, 15) is 9.59 Å². The summed E-state index contributed by atoms with van der Waals surface area (Å²) < 4.78 is 5.36. The molecule has 5 heteroatoms. The first-order chi connectivity index (χ1) is 11.2. The van der Waals surface area contributed by atoms with Crippen molar-refractivity contribution in [2.24, 2.45) is 0 Å². The first kappa shape index (κ1) is 15.2. The Hall–Kier alpha value is -2.69. The third-order valence-electron chi connectivity index (χ3n) is 3.95. The molecule has 0 saturated heterocycles. The lowest BCUT2D eigenvalue weighted by Crippen LogP contribution is -2.34. The van der Waals surface area contributed by atoms with E-state index in [-0.39, 0.29) is 6.04 Å². The quantitative estimate of drug-likeness (QED) is 0.876. The van der Waals surface area contributed by atoms with Gasteiger partial charge in [-0.05, 0) is 36.6 Å². The van der Waals surface area contributed by atoms with Crippen LogP contribution >= 0.6 is 0 Å². The zero-order valence-corrected chi connectivity index (χ0v) is 12.7. The molecule has 0 bridgehead atoms. The molecule has 0 unspecified atom stereocenters. The Morgan fingerprint density at radius 2 is 2.00 bits per heavy atom. The second-order valence-corrected chi connectivity index (χ2v) is 5.67. The van der Waals surface area contributed by atoms with Crippen LogP contribution in [0.15, 0.2) is 42.7 Å². The average molecular weight is 310 g/mol. The van der Waals surface area contributed by atoms with E-state index in [1.54, 1.807) is 30.5 Å². The lowest BCUT2D eigenvalue weighted by Gasteiger charge is -2.12. The summed E-state index contributed by atoms with van der Waals surface area (Å²) in [5, 5.41) is 2.88. The number of ether oxygens (including phenoxy) is 1. The summed E-state index contributed by atoms with van der Waals surface area (Å²) in [6.07, 6.45) is 7.84. The van der Waals surface area contributed by atoms with Crippen molar-refractivity contribution < 1.29 is 14.3 Å². The van der Waals surface area contributed by atoms with E-state index in [1.165, 1.54) is 6.20 Å². The van der Waals surface area contributed by atoms with Crippen LogP contribution in [0, 0.1) is 0 Å². The molecule has 1 aromatic carbocycles. The lowest BCUT2D eigenvalue weighted by molar-refractivity contribution is 0.112. The number of hydrogen-bond donors (Lipinski definition) is 1. The van der Waals surface area contributed by atoms with E-state index in [4.69, 9.17) is 4.74 Å². The standard InChI is InChI=1S/C18H18N2O3/c21-12-13-8-15(11-19-10-13)14-4-3-7-17(9-14)23-18(22)20-16-5-1-2-6-16/h3-4,7-12,16H,1-2,5-6H2,(H,20,22). The van der Waals surface area contributed by atoms with Crippen LogP contribution in [0.1, 0.15) is 36.0 Å². The van der Waals surface area contributed by atoms with Gasteiger partial charge in [-0.3, -0.25) is 9.78 Å². The molecule has 0 atom stereocenters. The van der Waals surface area contributed by atoms with Gasteiger partial charge in [-0.25, -0.2) is 4.79 Å². The number of aldehydes is 1. The normalized spacial score (nSPS) is 14.4. The molecular formula is C18H18N2O3. The summed E-state index contributed by atoms with van der Waals surface area (Å²) in [7, 11) is 0. The zero-order valence-electron chi connectivity index (χ0n) is 12.7. The second kappa shape index (κ2) is 7.05. The Morgan fingerprint density at radius 3 is 2.78 bits per heavy atom. The van der Waals surface area contributed by atoms with Crippen LogP contribution in [0.25, 0.3) is 11.1 Å². The number of hydrogen-bond acceptors (Lipinski definition) is 4. The third-order valence-corrected chi connectivity index (χ3v) is 3.95. The summed E-state index contributed by atoms with van der Waals surface area (Å²) in [6, 6.07) is 9.15. The number of amides is 1. The minimum atomic E-state index is -0.422. The maximum atomic E-state index is 11.9. The molecule has 1 aliphatic rings. The number of nitrogens with zero attached hydrogens (tertiary/aromatic N) is 1. The Labute approximate surface area is 134 Å². The van der Waals surface area contributed by atoms with Crippen molar-refractivity contribution in [2.75, 3.05) is 0 Å². The maximum absolute atomic E-state index is 11.9. The van der Waals surface area contributed by atoms with E-state index in [1.807, 2.05) is 6.07 Å². The van der Waals surface area contributed by atoms with Gasteiger partial charge in [-0.2, -0.15) is 0 Å². The smallest absolute Gasteiger partial charge is 0.410 e. The Balaban J connectivity index is 1.71. The molecule has 1 N–H and O–H groups in total. The number of benzene rings is 1. The second-order valence-electron chi connectivity index (χ2n) is 5.67. The zero-order chi connectivity index (χ0) is 16.1. The Morgan fingerprint density at radius 1 is 1.17 bits per heavy atom. The van der Waals surface area contributed by atoms with Crippen molar-refractivity contribution in [3.63, 3.8) is 0 Å². The molecule has 1 saturated carbocycles. The van der Waals surface area contributed by atoms with Gasteiger partial charge in [0, 0.05) is 29.6 Å². The number of nitrogens with one attached hydrogen (secondary N) is 1. The summed E-state index contributed by atoms with van der Waals surface area (Å²) >= 11 is 0.